The largest absolute Gasteiger partial charge is 0.507 e. The van der Waals surface area contributed by atoms with Crippen LogP contribution in [0.1, 0.15) is 15.9 Å². The second-order valence-electron chi connectivity index (χ2n) is 6.95. The van der Waals surface area contributed by atoms with E-state index >= 15 is 0 Å². The van der Waals surface area contributed by atoms with E-state index in [-0.39, 0.29) is 55.2 Å². The van der Waals surface area contributed by atoms with Gasteiger partial charge in [-0.1, -0.05) is 28.1 Å². The summed E-state index contributed by atoms with van der Waals surface area (Å²) >= 11 is 3.30. The number of benzene rings is 2. The molecule has 0 bridgehead atoms. The summed E-state index contributed by atoms with van der Waals surface area (Å²) in [6, 6.07) is 11.3. The molecule has 30 heavy (non-hydrogen) atoms. The van der Waals surface area contributed by atoms with E-state index in [0.717, 1.165) is 10.0 Å². The maximum Gasteiger partial charge on any atom is 0.251 e. The van der Waals surface area contributed by atoms with Crippen LogP contribution in [0.4, 0.5) is 0 Å². The van der Waals surface area contributed by atoms with Crippen LogP contribution in [-0.4, -0.2) is 67.3 Å². The second-order valence-corrected chi connectivity index (χ2v) is 9.77. The number of aryl methyl sites for hydroxylation is 1. The van der Waals surface area contributed by atoms with Gasteiger partial charge in [0, 0.05) is 36.2 Å². The van der Waals surface area contributed by atoms with Gasteiger partial charge in [0.15, 0.2) is 0 Å². The van der Waals surface area contributed by atoms with Crippen molar-refractivity contribution in [1.82, 2.24) is 14.5 Å². The molecule has 1 aliphatic rings. The monoisotopic (exact) mass is 495 g/mol. The first kappa shape index (κ1) is 22.3. The number of piperazine rings is 1. The van der Waals surface area contributed by atoms with Gasteiger partial charge in [-0.05, 0) is 42.8 Å². The van der Waals surface area contributed by atoms with E-state index in [4.69, 9.17) is 0 Å². The Balaban J connectivity index is 1.56. The summed E-state index contributed by atoms with van der Waals surface area (Å²) in [4.78, 5) is 26.0. The number of phenolic OH excluding ortho intramolecular Hbond substituents is 1. The van der Waals surface area contributed by atoms with Gasteiger partial charge in [-0.25, -0.2) is 8.42 Å². The molecule has 2 aromatic carbocycles. The Morgan fingerprint density at radius 3 is 2.47 bits per heavy atom. The van der Waals surface area contributed by atoms with Crippen molar-refractivity contribution in [3.05, 3.63) is 58.1 Å². The van der Waals surface area contributed by atoms with Crippen molar-refractivity contribution >= 4 is 37.8 Å². The van der Waals surface area contributed by atoms with Gasteiger partial charge in [-0.2, -0.15) is 4.31 Å². The summed E-state index contributed by atoms with van der Waals surface area (Å²) in [6.45, 7) is 2.21. The molecule has 0 radical (unpaired) electrons. The Morgan fingerprint density at radius 1 is 1.10 bits per heavy atom. The number of nitrogens with zero attached hydrogens (tertiary/aromatic N) is 2. The van der Waals surface area contributed by atoms with Crippen LogP contribution in [0.3, 0.4) is 0 Å². The molecule has 0 spiro atoms. The number of nitrogens with one attached hydrogen (secondary N) is 1. The van der Waals surface area contributed by atoms with Gasteiger partial charge in [0.05, 0.1) is 6.54 Å². The van der Waals surface area contributed by atoms with Crippen LogP contribution in [0.5, 0.6) is 5.75 Å². The van der Waals surface area contributed by atoms with E-state index in [1.54, 1.807) is 37.3 Å². The molecule has 0 saturated carbocycles. The average Bonchev–Trinajstić information content (AvgIpc) is 2.73. The lowest BCUT2D eigenvalue weighted by atomic mass is 10.2. The highest BCUT2D eigenvalue weighted by molar-refractivity contribution is 9.10. The molecule has 1 heterocycles. The molecule has 0 unspecified atom stereocenters. The lowest BCUT2D eigenvalue weighted by Gasteiger charge is -2.34. The first-order valence-corrected chi connectivity index (χ1v) is 11.5. The van der Waals surface area contributed by atoms with Crippen molar-refractivity contribution < 1.29 is 23.1 Å². The van der Waals surface area contributed by atoms with Crippen LogP contribution in [0.2, 0.25) is 0 Å². The minimum Gasteiger partial charge on any atom is -0.507 e. The average molecular weight is 496 g/mol. The van der Waals surface area contributed by atoms with Gasteiger partial charge >= 0.3 is 0 Å². The highest BCUT2D eigenvalue weighted by atomic mass is 79.9. The third kappa shape index (κ3) is 5.00. The summed E-state index contributed by atoms with van der Waals surface area (Å²) in [7, 11) is -3.86. The van der Waals surface area contributed by atoms with Crippen LogP contribution < -0.4 is 5.32 Å². The lowest BCUT2D eigenvalue weighted by molar-refractivity contribution is -0.131. The van der Waals surface area contributed by atoms with Crippen molar-refractivity contribution in [1.29, 1.82) is 0 Å². The van der Waals surface area contributed by atoms with Gasteiger partial charge in [0.1, 0.15) is 10.6 Å². The number of amides is 2. The molecule has 1 fully saturated rings. The number of carbonyl (C=O) groups is 2. The number of aromatic hydroxyl groups is 1. The van der Waals surface area contributed by atoms with Gasteiger partial charge in [-0.15, -0.1) is 0 Å². The molecule has 0 atom stereocenters. The van der Waals surface area contributed by atoms with Crippen LogP contribution in [-0.2, 0) is 14.8 Å². The summed E-state index contributed by atoms with van der Waals surface area (Å²) < 4.78 is 27.7. The summed E-state index contributed by atoms with van der Waals surface area (Å²) in [5, 5.41) is 12.5. The number of halogens is 1. The number of sulfonamides is 1. The molecule has 2 aromatic rings. The van der Waals surface area contributed by atoms with Crippen LogP contribution >= 0.6 is 15.9 Å². The fraction of sp³-hybridized carbons (Fsp3) is 0.300. The van der Waals surface area contributed by atoms with E-state index in [0.29, 0.717) is 5.56 Å². The van der Waals surface area contributed by atoms with Crippen LogP contribution in [0.25, 0.3) is 0 Å². The van der Waals surface area contributed by atoms with E-state index in [2.05, 4.69) is 21.2 Å². The number of rotatable bonds is 5. The third-order valence-electron chi connectivity index (χ3n) is 4.81. The summed E-state index contributed by atoms with van der Waals surface area (Å²) in [6.07, 6.45) is 0. The molecule has 2 N–H and O–H groups in total. The molecule has 1 saturated heterocycles. The minimum atomic E-state index is -3.86. The van der Waals surface area contributed by atoms with Crippen molar-refractivity contribution in [2.24, 2.45) is 0 Å². The molecule has 8 nitrogen and oxygen atoms in total. The van der Waals surface area contributed by atoms with E-state index < -0.39 is 10.0 Å². The zero-order valence-electron chi connectivity index (χ0n) is 16.3. The maximum absolute atomic E-state index is 12.8. The topological polar surface area (TPSA) is 107 Å². The fourth-order valence-corrected chi connectivity index (χ4v) is 5.13. The lowest BCUT2D eigenvalue weighted by Crippen LogP contribution is -2.52. The Morgan fingerprint density at radius 2 is 1.80 bits per heavy atom. The molecule has 10 heteroatoms. The van der Waals surface area contributed by atoms with Gasteiger partial charge in [-0.3, -0.25) is 9.59 Å². The number of hydrogen-bond donors (Lipinski definition) is 2. The maximum atomic E-state index is 12.8. The summed E-state index contributed by atoms with van der Waals surface area (Å²) in [5.41, 5.74) is 1.16. The first-order valence-electron chi connectivity index (χ1n) is 9.30. The quantitative estimate of drug-likeness (QED) is 0.656. The Labute approximate surface area is 183 Å². The zero-order valence-corrected chi connectivity index (χ0v) is 18.7. The molecular weight excluding hydrogens is 474 g/mol. The van der Waals surface area contributed by atoms with Gasteiger partial charge in [0.25, 0.3) is 5.91 Å². The predicted molar refractivity (Wildman–Crippen MR) is 115 cm³/mol. The smallest absolute Gasteiger partial charge is 0.251 e. The second kappa shape index (κ2) is 9.15. The first-order chi connectivity index (χ1) is 14.2. The highest BCUT2D eigenvalue weighted by Gasteiger charge is 2.31. The molecule has 3 rings (SSSR count). The molecule has 1 aliphatic heterocycles. The molecule has 160 valence electrons. The van der Waals surface area contributed by atoms with Crippen molar-refractivity contribution in [2.45, 2.75) is 11.8 Å². The molecular formula is C20H22BrN3O5S. The van der Waals surface area contributed by atoms with Crippen LogP contribution in [0.15, 0.2) is 51.8 Å². The van der Waals surface area contributed by atoms with Gasteiger partial charge < -0.3 is 15.3 Å². The third-order valence-corrected chi connectivity index (χ3v) is 7.23. The summed E-state index contributed by atoms with van der Waals surface area (Å²) in [5.74, 6) is -0.941. The van der Waals surface area contributed by atoms with Crippen molar-refractivity contribution in [3.8, 4) is 5.75 Å². The SMILES string of the molecule is Cc1ccc(O)c(S(=O)(=O)N2CCN(C(=O)CNC(=O)c3cccc(Br)c3)CC2)c1. The highest BCUT2D eigenvalue weighted by Crippen LogP contribution is 2.27. The number of carbonyl (C=O) groups excluding carboxylic acids is 2. The Hall–Kier alpha value is -2.43. The van der Waals surface area contributed by atoms with Crippen molar-refractivity contribution in [2.75, 3.05) is 32.7 Å². The predicted octanol–water partition coefficient (Wildman–Crippen LogP) is 1.73. The fourth-order valence-electron chi connectivity index (χ4n) is 3.14. The van der Waals surface area contributed by atoms with E-state index in [9.17, 15) is 23.1 Å². The minimum absolute atomic E-state index is 0.112. The standard InChI is InChI=1S/C20H22BrN3O5S/c1-14-5-6-17(25)18(11-14)30(28,29)24-9-7-23(8-10-24)19(26)13-22-20(27)15-3-2-4-16(21)12-15/h2-6,11-12,25H,7-10,13H2,1H3,(H,22,27). The Kier molecular flexibility index (Phi) is 6.79. The zero-order chi connectivity index (χ0) is 21.9. The number of phenols is 1. The van der Waals surface area contributed by atoms with Crippen LogP contribution in [0, 0.1) is 6.92 Å². The molecule has 0 aliphatic carbocycles. The van der Waals surface area contributed by atoms with Crippen molar-refractivity contribution in [3.63, 3.8) is 0 Å². The number of hydrogen-bond acceptors (Lipinski definition) is 5. The van der Waals surface area contributed by atoms with Gasteiger partial charge in [0.2, 0.25) is 15.9 Å². The van der Waals surface area contributed by atoms with E-state index in [1.807, 2.05) is 0 Å². The molecule has 2 amide bonds. The molecule has 0 aromatic heterocycles. The Bertz CT molecular complexity index is 1070. The van der Waals surface area contributed by atoms with E-state index in [1.165, 1.54) is 21.3 Å². The normalized spacial score (nSPS) is 15.1.